The van der Waals surface area contributed by atoms with Gasteiger partial charge in [-0.15, -0.1) is 0 Å². The van der Waals surface area contributed by atoms with Crippen LogP contribution in [0.1, 0.15) is 36.1 Å². The minimum Gasteiger partial charge on any atom is -0.481 e. The molecule has 3 aromatic rings. The average molecular weight is 572 g/mol. The molecule has 0 heterocycles. The predicted molar refractivity (Wildman–Crippen MR) is 151 cm³/mol. The summed E-state index contributed by atoms with van der Waals surface area (Å²) in [5.41, 5.74) is -2.26. The molecule has 9 heteroatoms. The SMILES string of the molecule is C=C(C)C(=O)OC12c3ccccc3C(OC(=O)C(=C)C)(c3ccccc31)C(C(=O)Nc1ccc(Cl)cc1)C2C(=O)O. The van der Waals surface area contributed by atoms with Gasteiger partial charge in [-0.1, -0.05) is 73.3 Å². The zero-order chi connectivity index (χ0) is 29.7. The smallest absolute Gasteiger partial charge is 0.334 e. The van der Waals surface area contributed by atoms with Crippen LogP contribution in [0.4, 0.5) is 5.69 Å². The molecule has 2 N–H and O–H groups in total. The minimum atomic E-state index is -1.96. The molecular formula is C32H26ClNO7. The molecule has 0 saturated carbocycles. The van der Waals surface area contributed by atoms with Crippen molar-refractivity contribution in [2.75, 3.05) is 5.32 Å². The highest BCUT2D eigenvalue weighted by Crippen LogP contribution is 2.65. The Hall–Kier alpha value is -4.69. The van der Waals surface area contributed by atoms with E-state index in [9.17, 15) is 24.3 Å². The van der Waals surface area contributed by atoms with Crippen LogP contribution in [0.3, 0.4) is 0 Å². The molecule has 0 aromatic heterocycles. The summed E-state index contributed by atoms with van der Waals surface area (Å²) in [5.74, 6) is -7.19. The van der Waals surface area contributed by atoms with Crippen LogP contribution in [0.2, 0.25) is 5.02 Å². The first kappa shape index (κ1) is 27.9. The molecule has 3 aromatic carbocycles. The lowest BCUT2D eigenvalue weighted by Gasteiger charge is -2.59. The molecule has 0 aliphatic heterocycles. The highest BCUT2D eigenvalue weighted by molar-refractivity contribution is 6.30. The normalized spacial score (nSPS) is 23.4. The summed E-state index contributed by atoms with van der Waals surface area (Å²) in [5, 5.41) is 14.0. The number of nitrogens with one attached hydrogen (secondary N) is 1. The number of carbonyl (C=O) groups is 4. The Morgan fingerprint density at radius 1 is 0.732 bits per heavy atom. The summed E-state index contributed by atoms with van der Waals surface area (Å²) in [6, 6.07) is 19.4. The zero-order valence-corrected chi connectivity index (χ0v) is 23.0. The molecule has 8 nitrogen and oxygen atoms in total. The molecule has 6 rings (SSSR count). The number of benzene rings is 3. The molecule has 41 heavy (non-hydrogen) atoms. The lowest BCUT2D eigenvalue weighted by Crippen LogP contribution is -2.67. The number of carboxylic acid groups (broad SMARTS) is 1. The fourth-order valence-electron chi connectivity index (χ4n) is 5.91. The summed E-state index contributed by atoms with van der Waals surface area (Å²) in [7, 11) is 0. The fourth-order valence-corrected chi connectivity index (χ4v) is 6.04. The van der Waals surface area contributed by atoms with Gasteiger partial charge in [0.1, 0.15) is 11.8 Å². The largest absolute Gasteiger partial charge is 0.481 e. The van der Waals surface area contributed by atoms with Gasteiger partial charge in [-0.05, 0) is 38.1 Å². The summed E-state index contributed by atoms with van der Waals surface area (Å²) < 4.78 is 12.3. The van der Waals surface area contributed by atoms with E-state index in [2.05, 4.69) is 18.5 Å². The van der Waals surface area contributed by atoms with Crippen molar-refractivity contribution in [2.24, 2.45) is 11.8 Å². The second-order valence-corrected chi connectivity index (χ2v) is 10.6. The van der Waals surface area contributed by atoms with Crippen LogP contribution in [-0.4, -0.2) is 28.9 Å². The molecule has 0 saturated heterocycles. The molecular weight excluding hydrogens is 546 g/mol. The Balaban J connectivity index is 1.88. The topological polar surface area (TPSA) is 119 Å². The molecule has 1 amide bonds. The van der Waals surface area contributed by atoms with Crippen molar-refractivity contribution >= 4 is 41.1 Å². The van der Waals surface area contributed by atoms with Crippen molar-refractivity contribution in [2.45, 2.75) is 25.0 Å². The number of esters is 2. The number of anilines is 1. The van der Waals surface area contributed by atoms with E-state index in [4.69, 9.17) is 21.1 Å². The van der Waals surface area contributed by atoms with Crippen molar-refractivity contribution in [1.29, 1.82) is 0 Å². The highest BCUT2D eigenvalue weighted by Gasteiger charge is 2.73. The van der Waals surface area contributed by atoms with E-state index in [0.717, 1.165) is 0 Å². The lowest BCUT2D eigenvalue weighted by atomic mass is 9.49. The zero-order valence-electron chi connectivity index (χ0n) is 22.3. The van der Waals surface area contributed by atoms with E-state index in [-0.39, 0.29) is 22.3 Å². The van der Waals surface area contributed by atoms with E-state index in [1.54, 1.807) is 72.8 Å². The first-order chi connectivity index (χ1) is 19.4. The second kappa shape index (κ2) is 10.1. The maximum absolute atomic E-state index is 14.3. The number of aliphatic carboxylic acids is 1. The van der Waals surface area contributed by atoms with Crippen LogP contribution in [0.25, 0.3) is 0 Å². The molecule has 0 spiro atoms. The third kappa shape index (κ3) is 4.14. The molecule has 3 aliphatic carbocycles. The van der Waals surface area contributed by atoms with Gasteiger partial charge < -0.3 is 19.9 Å². The Kier molecular flexibility index (Phi) is 6.83. The minimum absolute atomic E-state index is 0.0387. The number of carboxylic acids is 1. The first-order valence-corrected chi connectivity index (χ1v) is 13.1. The highest BCUT2D eigenvalue weighted by atomic mass is 35.5. The van der Waals surface area contributed by atoms with Crippen LogP contribution < -0.4 is 5.32 Å². The number of amides is 1. The molecule has 2 unspecified atom stereocenters. The van der Waals surface area contributed by atoms with Crippen molar-refractivity contribution < 1.29 is 33.8 Å². The molecule has 0 radical (unpaired) electrons. The Morgan fingerprint density at radius 2 is 1.12 bits per heavy atom. The number of ether oxygens (including phenoxy) is 2. The van der Waals surface area contributed by atoms with Crippen LogP contribution in [0.5, 0.6) is 0 Å². The number of carbonyl (C=O) groups excluding carboxylic acids is 3. The van der Waals surface area contributed by atoms with Crippen LogP contribution in [-0.2, 0) is 39.9 Å². The van der Waals surface area contributed by atoms with Crippen molar-refractivity contribution in [3.8, 4) is 0 Å². The molecule has 208 valence electrons. The van der Waals surface area contributed by atoms with Gasteiger partial charge in [0.25, 0.3) is 0 Å². The average Bonchev–Trinajstić information content (AvgIpc) is 2.94. The first-order valence-electron chi connectivity index (χ1n) is 12.7. The summed E-state index contributed by atoms with van der Waals surface area (Å²) in [6.45, 7) is 10.3. The maximum Gasteiger partial charge on any atom is 0.334 e. The van der Waals surface area contributed by atoms with Gasteiger partial charge in [0.05, 0.1) is 0 Å². The number of fused-ring (bicyclic) bond motifs is 1. The van der Waals surface area contributed by atoms with Crippen molar-refractivity contribution in [1.82, 2.24) is 0 Å². The molecule has 2 atom stereocenters. The predicted octanol–water partition coefficient (Wildman–Crippen LogP) is 5.35. The van der Waals surface area contributed by atoms with E-state index < -0.39 is 46.9 Å². The van der Waals surface area contributed by atoms with Gasteiger partial charge in [-0.2, -0.15) is 0 Å². The molecule has 2 bridgehead atoms. The van der Waals surface area contributed by atoms with Gasteiger partial charge in [0.2, 0.25) is 5.91 Å². The van der Waals surface area contributed by atoms with Gasteiger partial charge in [-0.25, -0.2) is 9.59 Å². The van der Waals surface area contributed by atoms with E-state index in [1.807, 2.05) is 0 Å². The number of hydrogen-bond donors (Lipinski definition) is 2. The van der Waals surface area contributed by atoms with Crippen molar-refractivity contribution in [3.63, 3.8) is 0 Å². The second-order valence-electron chi connectivity index (χ2n) is 10.2. The third-order valence-electron chi connectivity index (χ3n) is 7.53. The fraction of sp³-hybridized carbons (Fsp3) is 0.188. The van der Waals surface area contributed by atoms with E-state index in [1.165, 1.54) is 13.8 Å². The van der Waals surface area contributed by atoms with Crippen LogP contribution in [0.15, 0.2) is 97.1 Å². The van der Waals surface area contributed by atoms with Gasteiger partial charge in [-0.3, -0.25) is 9.59 Å². The standard InChI is InChI=1S/C32H26ClNO7/c1-17(2)29(38)40-31-21-9-5-7-11-23(21)32(41-30(39)18(3)4,24-12-8-6-10-22(24)31)26(28(36)37)25(31)27(35)34-20-15-13-19(33)14-16-20/h5-16,25-26H,1,3H2,2,4H3,(H,34,35)(H,36,37). The van der Waals surface area contributed by atoms with Gasteiger partial charge in [0, 0.05) is 44.1 Å². The number of halogens is 1. The number of hydrogen-bond acceptors (Lipinski definition) is 6. The van der Waals surface area contributed by atoms with Gasteiger partial charge >= 0.3 is 17.9 Å². The maximum atomic E-state index is 14.3. The molecule has 3 aliphatic rings. The van der Waals surface area contributed by atoms with Crippen LogP contribution in [0, 0.1) is 11.8 Å². The Bertz CT molecular complexity index is 1590. The number of rotatable bonds is 7. The Labute approximate surface area is 241 Å². The lowest BCUT2D eigenvalue weighted by molar-refractivity contribution is -0.200. The monoisotopic (exact) mass is 571 g/mol. The Morgan fingerprint density at radius 3 is 1.49 bits per heavy atom. The van der Waals surface area contributed by atoms with Gasteiger partial charge in [0.15, 0.2) is 11.2 Å². The van der Waals surface area contributed by atoms with E-state index >= 15 is 0 Å². The summed E-state index contributed by atoms with van der Waals surface area (Å²) >= 11 is 6.02. The quantitative estimate of drug-likeness (QED) is 0.290. The van der Waals surface area contributed by atoms with Crippen molar-refractivity contribution in [3.05, 3.63) is 124 Å². The van der Waals surface area contributed by atoms with E-state index in [0.29, 0.717) is 21.8 Å². The summed E-state index contributed by atoms with van der Waals surface area (Å²) in [4.78, 5) is 54.1. The third-order valence-corrected chi connectivity index (χ3v) is 7.78. The molecule has 0 fully saturated rings. The van der Waals surface area contributed by atoms with Crippen LogP contribution >= 0.6 is 11.6 Å². The summed E-state index contributed by atoms with van der Waals surface area (Å²) in [6.07, 6.45) is 0.